The smallest absolute Gasteiger partial charge is 0.188 e. The summed E-state index contributed by atoms with van der Waals surface area (Å²) in [5, 5.41) is 9.82. The Hall–Kier alpha value is -0.120. The third kappa shape index (κ3) is 14.6. The molecule has 0 saturated heterocycles. The normalized spacial score (nSPS) is 15.3. The second-order valence-corrected chi connectivity index (χ2v) is 9.29. The van der Waals surface area contributed by atoms with Gasteiger partial charge in [-0.25, -0.2) is 9.78 Å². The molecule has 0 aliphatic heterocycles. The Morgan fingerprint density at radius 1 is 0.810 bits per heavy atom. The number of hydrogen-bond donors (Lipinski definition) is 1. The topological polar surface area (TPSA) is 38.7 Å². The zero-order valence-corrected chi connectivity index (χ0v) is 15.6. The van der Waals surface area contributed by atoms with Gasteiger partial charge >= 0.3 is 0 Å². The summed E-state index contributed by atoms with van der Waals surface area (Å²) < 4.78 is 0. The predicted octanol–water partition coefficient (Wildman–Crippen LogP) is 5.46. The molecule has 0 heterocycles. The zero-order chi connectivity index (χ0) is 16.7. The van der Waals surface area contributed by atoms with Crippen LogP contribution in [-0.4, -0.2) is 17.0 Å². The molecule has 0 saturated carbocycles. The molecule has 21 heavy (non-hydrogen) atoms. The van der Waals surface area contributed by atoms with Crippen molar-refractivity contribution in [2.45, 2.75) is 106 Å². The van der Waals surface area contributed by atoms with E-state index in [0.29, 0.717) is 11.8 Å². The third-order valence-corrected chi connectivity index (χ3v) is 3.22. The second-order valence-electron chi connectivity index (χ2n) is 9.29. The lowest BCUT2D eigenvalue weighted by Gasteiger charge is -2.31. The molecule has 0 aromatic heterocycles. The summed E-state index contributed by atoms with van der Waals surface area (Å²) in [5.41, 5.74) is 0.186. The lowest BCUT2D eigenvalue weighted by molar-refractivity contribution is -0.416. The van der Waals surface area contributed by atoms with Crippen LogP contribution in [-0.2, 0) is 9.78 Å². The van der Waals surface area contributed by atoms with Gasteiger partial charge in [-0.3, -0.25) is 0 Å². The van der Waals surface area contributed by atoms with Gasteiger partial charge in [0.05, 0.1) is 5.60 Å². The summed E-state index contributed by atoms with van der Waals surface area (Å²) in [7, 11) is 0. The fourth-order valence-electron chi connectivity index (χ4n) is 2.69. The van der Waals surface area contributed by atoms with E-state index < -0.39 is 6.29 Å². The maximum absolute atomic E-state index is 9.82. The fraction of sp³-hybridized carbons (Fsp3) is 1.00. The highest BCUT2D eigenvalue weighted by Gasteiger charge is 2.28. The average molecular weight is 302 g/mol. The minimum atomic E-state index is -0.820. The maximum atomic E-state index is 9.82. The first kappa shape index (κ1) is 20.9. The Morgan fingerprint density at radius 3 is 1.86 bits per heavy atom. The van der Waals surface area contributed by atoms with Gasteiger partial charge in [-0.15, -0.1) is 0 Å². The molecule has 3 nitrogen and oxygen atoms in total. The Balaban J connectivity index is 3.78. The van der Waals surface area contributed by atoms with Gasteiger partial charge in [-0.05, 0) is 43.9 Å². The molecule has 0 spiro atoms. The van der Waals surface area contributed by atoms with Gasteiger partial charge in [0.25, 0.3) is 0 Å². The Kier molecular flexibility index (Phi) is 8.45. The van der Waals surface area contributed by atoms with Crippen molar-refractivity contribution in [1.29, 1.82) is 0 Å². The number of hydrogen-bond acceptors (Lipinski definition) is 3. The first-order valence-corrected chi connectivity index (χ1v) is 8.33. The van der Waals surface area contributed by atoms with Crippen LogP contribution in [0.2, 0.25) is 0 Å². The summed E-state index contributed by atoms with van der Waals surface area (Å²) in [5.74, 6) is 0. The molecule has 1 unspecified atom stereocenters. The SMILES string of the molecule is CC(C)(C)CCCCCC(O)OOC(C)(C)CC(C)(C)C. The molecule has 0 radical (unpaired) electrons. The minimum Gasteiger partial charge on any atom is -0.366 e. The van der Waals surface area contributed by atoms with Crippen LogP contribution in [0.25, 0.3) is 0 Å². The van der Waals surface area contributed by atoms with Crippen LogP contribution in [0.15, 0.2) is 0 Å². The van der Waals surface area contributed by atoms with Crippen molar-refractivity contribution < 1.29 is 14.9 Å². The van der Waals surface area contributed by atoms with Crippen molar-refractivity contribution in [1.82, 2.24) is 0 Å². The van der Waals surface area contributed by atoms with E-state index in [-0.39, 0.29) is 11.0 Å². The molecule has 0 bridgehead atoms. The van der Waals surface area contributed by atoms with Gasteiger partial charge in [0.1, 0.15) is 0 Å². The molecule has 0 amide bonds. The molecule has 0 aliphatic rings. The summed E-state index contributed by atoms with van der Waals surface area (Å²) >= 11 is 0. The van der Waals surface area contributed by atoms with Crippen molar-refractivity contribution in [2.24, 2.45) is 10.8 Å². The zero-order valence-electron chi connectivity index (χ0n) is 15.6. The van der Waals surface area contributed by atoms with E-state index in [4.69, 9.17) is 9.78 Å². The van der Waals surface area contributed by atoms with E-state index in [2.05, 4.69) is 41.5 Å². The van der Waals surface area contributed by atoms with Crippen LogP contribution in [0.5, 0.6) is 0 Å². The number of unbranched alkanes of at least 4 members (excludes halogenated alkanes) is 2. The van der Waals surface area contributed by atoms with E-state index >= 15 is 0 Å². The van der Waals surface area contributed by atoms with E-state index in [9.17, 15) is 5.11 Å². The van der Waals surface area contributed by atoms with Gasteiger partial charge in [0, 0.05) is 6.42 Å². The largest absolute Gasteiger partial charge is 0.366 e. The Morgan fingerprint density at radius 2 is 1.38 bits per heavy atom. The van der Waals surface area contributed by atoms with Gasteiger partial charge in [-0.1, -0.05) is 54.4 Å². The number of aliphatic hydroxyl groups excluding tert-OH is 1. The highest BCUT2D eigenvalue weighted by atomic mass is 17.2. The molecular weight excluding hydrogens is 264 g/mol. The van der Waals surface area contributed by atoms with Crippen LogP contribution in [0.1, 0.15) is 93.9 Å². The first-order valence-electron chi connectivity index (χ1n) is 8.33. The van der Waals surface area contributed by atoms with Gasteiger partial charge in [0.2, 0.25) is 0 Å². The Bertz CT molecular complexity index is 271. The van der Waals surface area contributed by atoms with E-state index in [1.54, 1.807) is 0 Å². The van der Waals surface area contributed by atoms with Gasteiger partial charge in [0.15, 0.2) is 6.29 Å². The predicted molar refractivity (Wildman–Crippen MR) is 88.9 cm³/mol. The van der Waals surface area contributed by atoms with Crippen LogP contribution in [0.4, 0.5) is 0 Å². The van der Waals surface area contributed by atoms with Crippen LogP contribution in [0.3, 0.4) is 0 Å². The molecule has 128 valence electrons. The lowest BCUT2D eigenvalue weighted by atomic mass is 9.84. The van der Waals surface area contributed by atoms with Gasteiger partial charge < -0.3 is 5.11 Å². The third-order valence-electron chi connectivity index (χ3n) is 3.22. The fourth-order valence-corrected chi connectivity index (χ4v) is 2.69. The number of rotatable bonds is 9. The summed E-state index contributed by atoms with van der Waals surface area (Å²) in [6.45, 7) is 17.3. The van der Waals surface area contributed by atoms with Crippen molar-refractivity contribution in [2.75, 3.05) is 0 Å². The lowest BCUT2D eigenvalue weighted by Crippen LogP contribution is -2.32. The molecule has 3 heteroatoms. The maximum Gasteiger partial charge on any atom is 0.188 e. The van der Waals surface area contributed by atoms with Crippen LogP contribution in [0, 0.1) is 10.8 Å². The molecule has 0 aliphatic carbocycles. The number of aliphatic hydroxyl groups is 1. The molecule has 0 aromatic rings. The van der Waals surface area contributed by atoms with Gasteiger partial charge in [-0.2, -0.15) is 0 Å². The summed E-state index contributed by atoms with van der Waals surface area (Å²) in [4.78, 5) is 10.6. The highest BCUT2D eigenvalue weighted by Crippen LogP contribution is 2.30. The molecule has 0 fully saturated rings. The molecule has 0 aromatic carbocycles. The second kappa shape index (κ2) is 8.50. The quantitative estimate of drug-likeness (QED) is 0.266. The molecule has 1 atom stereocenters. The van der Waals surface area contributed by atoms with Crippen molar-refractivity contribution in [3.8, 4) is 0 Å². The van der Waals surface area contributed by atoms with E-state index in [1.165, 1.54) is 12.8 Å². The van der Waals surface area contributed by atoms with Crippen LogP contribution < -0.4 is 0 Å². The first-order chi connectivity index (χ1) is 9.31. The molecular formula is C18H38O3. The minimum absolute atomic E-state index is 0.171. The van der Waals surface area contributed by atoms with Crippen LogP contribution >= 0.6 is 0 Å². The molecule has 1 N–H and O–H groups in total. The average Bonchev–Trinajstić information content (AvgIpc) is 2.21. The standard InChI is InChI=1S/C18H38O3/c1-16(2,3)13-11-9-10-12-15(19)20-21-18(7,8)14-17(4,5)6/h15,19H,9-14H2,1-8H3. The van der Waals surface area contributed by atoms with Crippen molar-refractivity contribution in [3.63, 3.8) is 0 Å². The highest BCUT2D eigenvalue weighted by molar-refractivity contribution is 4.75. The monoisotopic (exact) mass is 302 g/mol. The molecule has 0 rings (SSSR count). The van der Waals surface area contributed by atoms with E-state index in [0.717, 1.165) is 19.3 Å². The summed E-state index contributed by atoms with van der Waals surface area (Å²) in [6, 6.07) is 0. The van der Waals surface area contributed by atoms with Crippen molar-refractivity contribution in [3.05, 3.63) is 0 Å². The summed E-state index contributed by atoms with van der Waals surface area (Å²) in [6.07, 6.45) is 5.21. The van der Waals surface area contributed by atoms with Crippen molar-refractivity contribution >= 4 is 0 Å². The Labute approximate surface area is 132 Å². The van der Waals surface area contributed by atoms with E-state index in [1.807, 2.05) is 13.8 Å².